The van der Waals surface area contributed by atoms with E-state index in [1.807, 2.05) is 4.90 Å². The van der Waals surface area contributed by atoms with Gasteiger partial charge in [0.1, 0.15) is 17.1 Å². The molecule has 0 unspecified atom stereocenters. The highest BCUT2D eigenvalue weighted by atomic mass is 79.9. The van der Waals surface area contributed by atoms with E-state index < -0.39 is 8.07 Å². The molecule has 25 heavy (non-hydrogen) atoms. The van der Waals surface area contributed by atoms with Crippen LogP contribution in [0.2, 0.25) is 25.7 Å². The molecule has 0 atom stereocenters. The van der Waals surface area contributed by atoms with E-state index in [2.05, 4.69) is 40.6 Å². The summed E-state index contributed by atoms with van der Waals surface area (Å²) in [5, 5.41) is 0. The minimum absolute atomic E-state index is 0.107. The number of ether oxygens (including phenoxy) is 1. The van der Waals surface area contributed by atoms with Gasteiger partial charge in [-0.3, -0.25) is 14.2 Å². The number of ketones is 1. The van der Waals surface area contributed by atoms with Crippen LogP contribution in [0.25, 0.3) is 0 Å². The number of nitrogens with zero attached hydrogens (tertiary/aromatic N) is 3. The third-order valence-electron chi connectivity index (χ3n) is 4.52. The Hall–Kier alpha value is -0.993. The van der Waals surface area contributed by atoms with Crippen molar-refractivity contribution in [2.24, 2.45) is 5.92 Å². The smallest absolute Gasteiger partial charge is 0.295 e. The lowest BCUT2D eigenvalue weighted by Gasteiger charge is -2.31. The minimum Gasteiger partial charge on any atom is -0.361 e. The van der Waals surface area contributed by atoms with Gasteiger partial charge in [-0.05, 0) is 41.7 Å². The van der Waals surface area contributed by atoms with Gasteiger partial charge >= 0.3 is 0 Å². The molecule has 0 N–H and O–H groups in total. The van der Waals surface area contributed by atoms with Gasteiger partial charge in [0.25, 0.3) is 5.56 Å². The molecule has 0 bridgehead atoms. The van der Waals surface area contributed by atoms with Crippen molar-refractivity contribution in [1.29, 1.82) is 0 Å². The topological polar surface area (TPSA) is 64.4 Å². The van der Waals surface area contributed by atoms with E-state index in [0.717, 1.165) is 18.9 Å². The van der Waals surface area contributed by atoms with Crippen molar-refractivity contribution in [3.63, 3.8) is 0 Å². The molecule has 0 aliphatic carbocycles. The molecule has 0 spiro atoms. The number of carbonyl (C=O) groups is 1. The summed E-state index contributed by atoms with van der Waals surface area (Å²) in [6, 6.07) is 1.07. The lowest BCUT2D eigenvalue weighted by molar-refractivity contribution is -0.121. The van der Waals surface area contributed by atoms with Crippen LogP contribution in [-0.4, -0.2) is 43.1 Å². The monoisotopic (exact) mass is 429 g/mol. The highest BCUT2D eigenvalue weighted by molar-refractivity contribution is 9.10. The fraction of sp³-hybridized carbons (Fsp3) is 0.706. The Labute approximate surface area is 158 Å². The molecule has 1 aromatic rings. The summed E-state index contributed by atoms with van der Waals surface area (Å²) < 4.78 is 7.89. The van der Waals surface area contributed by atoms with Crippen molar-refractivity contribution in [3.8, 4) is 0 Å². The van der Waals surface area contributed by atoms with Crippen LogP contribution in [-0.2, 0) is 16.3 Å². The van der Waals surface area contributed by atoms with Gasteiger partial charge in [-0.2, -0.15) is 0 Å². The van der Waals surface area contributed by atoms with E-state index in [-0.39, 0.29) is 24.0 Å². The first kappa shape index (κ1) is 20.3. The summed E-state index contributed by atoms with van der Waals surface area (Å²) in [7, 11) is -1.14. The SMILES string of the molecule is CC(=O)C1CCN(c2nc(Br)cn(COCC[Si](C)(C)C)c2=O)CC1. The summed E-state index contributed by atoms with van der Waals surface area (Å²) in [5.41, 5.74) is -0.141. The molecule has 0 aromatic carbocycles. The number of aromatic nitrogens is 2. The Morgan fingerprint density at radius 3 is 2.56 bits per heavy atom. The molecule has 0 saturated carbocycles. The van der Waals surface area contributed by atoms with Gasteiger partial charge < -0.3 is 9.64 Å². The maximum absolute atomic E-state index is 12.7. The van der Waals surface area contributed by atoms with Crippen molar-refractivity contribution in [2.45, 2.75) is 52.2 Å². The van der Waals surface area contributed by atoms with Crippen LogP contribution in [0.15, 0.2) is 15.6 Å². The van der Waals surface area contributed by atoms with Gasteiger partial charge in [-0.15, -0.1) is 0 Å². The Morgan fingerprint density at radius 2 is 2.00 bits per heavy atom. The molecule has 1 aromatic heterocycles. The standard InChI is InChI=1S/C17H28BrN3O3Si/c1-13(22)14-5-7-20(8-6-14)16-17(23)21(11-15(18)19-16)12-24-9-10-25(2,3)4/h11,14H,5-10,12H2,1-4H3. The van der Waals surface area contributed by atoms with Gasteiger partial charge in [0.15, 0.2) is 5.82 Å². The summed E-state index contributed by atoms with van der Waals surface area (Å²) in [5.74, 6) is 0.774. The molecule has 1 aliphatic heterocycles. The Morgan fingerprint density at radius 1 is 1.36 bits per heavy atom. The molecule has 2 heterocycles. The average Bonchev–Trinajstić information content (AvgIpc) is 2.53. The number of halogens is 1. The highest BCUT2D eigenvalue weighted by Gasteiger charge is 2.25. The summed E-state index contributed by atoms with van der Waals surface area (Å²) >= 11 is 3.39. The van der Waals surface area contributed by atoms with Crippen LogP contribution >= 0.6 is 15.9 Å². The number of anilines is 1. The van der Waals surface area contributed by atoms with E-state index in [0.29, 0.717) is 30.1 Å². The Kier molecular flexibility index (Phi) is 6.99. The fourth-order valence-electron chi connectivity index (χ4n) is 2.83. The molecule has 6 nitrogen and oxygen atoms in total. The first-order valence-corrected chi connectivity index (χ1v) is 13.3. The van der Waals surface area contributed by atoms with Crippen molar-refractivity contribution in [1.82, 2.24) is 9.55 Å². The van der Waals surface area contributed by atoms with Gasteiger partial charge in [-0.25, -0.2) is 4.98 Å². The number of Topliss-reactive ketones (excluding diaryl/α,β-unsaturated/α-hetero) is 1. The van der Waals surface area contributed by atoms with Crippen LogP contribution in [0.4, 0.5) is 5.82 Å². The van der Waals surface area contributed by atoms with Crippen LogP contribution < -0.4 is 10.5 Å². The van der Waals surface area contributed by atoms with Gasteiger partial charge in [0.2, 0.25) is 0 Å². The third-order valence-corrected chi connectivity index (χ3v) is 6.61. The van der Waals surface area contributed by atoms with Crippen LogP contribution in [0, 0.1) is 5.92 Å². The highest BCUT2D eigenvalue weighted by Crippen LogP contribution is 2.21. The second-order valence-electron chi connectivity index (χ2n) is 7.88. The van der Waals surface area contributed by atoms with Gasteiger partial charge in [-0.1, -0.05) is 19.6 Å². The lowest BCUT2D eigenvalue weighted by atomic mass is 9.93. The molecule has 1 aliphatic rings. The largest absolute Gasteiger partial charge is 0.361 e. The average molecular weight is 430 g/mol. The third kappa shape index (κ3) is 6.04. The second-order valence-corrected chi connectivity index (χ2v) is 14.3. The minimum atomic E-state index is -1.14. The molecule has 0 radical (unpaired) electrons. The maximum Gasteiger partial charge on any atom is 0.295 e. The predicted octanol–water partition coefficient (Wildman–Crippen LogP) is 3.12. The molecule has 8 heteroatoms. The zero-order chi connectivity index (χ0) is 18.6. The number of carbonyl (C=O) groups excluding carboxylic acids is 1. The van der Waals surface area contributed by atoms with E-state index in [9.17, 15) is 9.59 Å². The van der Waals surface area contributed by atoms with Gasteiger partial charge in [0, 0.05) is 39.9 Å². The number of rotatable bonds is 7. The Bertz CT molecular complexity index is 664. The molecule has 140 valence electrons. The first-order chi connectivity index (χ1) is 11.7. The molecule has 0 amide bonds. The van der Waals surface area contributed by atoms with Gasteiger partial charge in [0.05, 0.1) is 0 Å². The second kappa shape index (κ2) is 8.59. The van der Waals surface area contributed by atoms with E-state index in [4.69, 9.17) is 4.74 Å². The van der Waals surface area contributed by atoms with Crippen LogP contribution in [0.3, 0.4) is 0 Å². The predicted molar refractivity (Wildman–Crippen MR) is 106 cm³/mol. The van der Waals surface area contributed by atoms with Crippen LogP contribution in [0.5, 0.6) is 0 Å². The zero-order valence-corrected chi connectivity index (χ0v) is 18.1. The van der Waals surface area contributed by atoms with Crippen LogP contribution in [0.1, 0.15) is 19.8 Å². The van der Waals surface area contributed by atoms with Crippen molar-refractivity contribution in [3.05, 3.63) is 21.2 Å². The van der Waals surface area contributed by atoms with Crippen molar-refractivity contribution >= 4 is 35.6 Å². The molecule has 1 saturated heterocycles. The van der Waals surface area contributed by atoms with E-state index in [1.165, 1.54) is 0 Å². The summed E-state index contributed by atoms with van der Waals surface area (Å²) in [6.07, 6.45) is 3.22. The van der Waals surface area contributed by atoms with E-state index in [1.54, 1.807) is 17.7 Å². The number of piperidine rings is 1. The molecular formula is C17H28BrN3O3Si. The quantitative estimate of drug-likeness (QED) is 0.491. The summed E-state index contributed by atoms with van der Waals surface area (Å²) in [4.78, 5) is 30.6. The summed E-state index contributed by atoms with van der Waals surface area (Å²) in [6.45, 7) is 10.8. The zero-order valence-electron chi connectivity index (χ0n) is 15.5. The number of hydrogen-bond donors (Lipinski definition) is 0. The van der Waals surface area contributed by atoms with Crippen molar-refractivity contribution < 1.29 is 9.53 Å². The molecule has 1 fully saturated rings. The first-order valence-electron chi connectivity index (χ1n) is 8.77. The lowest BCUT2D eigenvalue weighted by Crippen LogP contribution is -2.40. The Balaban J connectivity index is 2.04. The number of hydrogen-bond acceptors (Lipinski definition) is 5. The fourth-order valence-corrected chi connectivity index (χ4v) is 4.01. The normalized spacial score (nSPS) is 16.3. The van der Waals surface area contributed by atoms with Crippen molar-refractivity contribution in [2.75, 3.05) is 24.6 Å². The molecular weight excluding hydrogens is 402 g/mol. The molecule has 2 rings (SSSR count). The van der Waals surface area contributed by atoms with E-state index >= 15 is 0 Å². The maximum atomic E-state index is 12.7.